The van der Waals surface area contributed by atoms with Crippen LogP contribution in [0.5, 0.6) is 0 Å². The number of hydrogen-bond acceptors (Lipinski definition) is 4. The molecule has 118 valence electrons. The molecule has 6 heteroatoms. The molecular formula is C16H21BrN4O. The number of nitrogens with zero attached hydrogens (tertiary/aromatic N) is 3. The van der Waals surface area contributed by atoms with Crippen LogP contribution in [0.25, 0.3) is 0 Å². The minimum Gasteiger partial charge on any atom is -0.326 e. The van der Waals surface area contributed by atoms with Crippen molar-refractivity contribution in [2.75, 3.05) is 44.6 Å². The average molecular weight is 365 g/mol. The Morgan fingerprint density at radius 1 is 1.32 bits per heavy atom. The van der Waals surface area contributed by atoms with Gasteiger partial charge in [-0.3, -0.25) is 9.69 Å². The maximum atomic E-state index is 12.0. The van der Waals surface area contributed by atoms with Crippen molar-refractivity contribution in [3.05, 3.63) is 28.2 Å². The van der Waals surface area contributed by atoms with E-state index in [1.807, 2.05) is 25.1 Å². The number of aryl methyl sites for hydroxylation is 1. The van der Waals surface area contributed by atoms with Crippen molar-refractivity contribution < 1.29 is 4.79 Å². The van der Waals surface area contributed by atoms with Gasteiger partial charge >= 0.3 is 0 Å². The van der Waals surface area contributed by atoms with Crippen molar-refractivity contribution in [2.45, 2.75) is 13.3 Å². The summed E-state index contributed by atoms with van der Waals surface area (Å²) in [5.41, 5.74) is 1.97. The molecule has 0 bridgehead atoms. The third-order valence-electron chi connectivity index (χ3n) is 3.87. The van der Waals surface area contributed by atoms with Crippen molar-refractivity contribution in [1.82, 2.24) is 9.80 Å². The SMILES string of the molecule is Cc1ccc(NC(=O)CCN2CCN(CC#N)CC2)cc1Br. The van der Waals surface area contributed by atoms with Crippen LogP contribution in [0.3, 0.4) is 0 Å². The lowest BCUT2D eigenvalue weighted by molar-refractivity contribution is -0.116. The number of nitrogens with one attached hydrogen (secondary N) is 1. The van der Waals surface area contributed by atoms with Crippen LogP contribution in [-0.2, 0) is 4.79 Å². The number of piperazine rings is 1. The molecular weight excluding hydrogens is 344 g/mol. The van der Waals surface area contributed by atoms with E-state index in [0.717, 1.165) is 48.4 Å². The molecule has 0 radical (unpaired) electrons. The highest BCUT2D eigenvalue weighted by molar-refractivity contribution is 9.10. The molecule has 2 rings (SSSR count). The Morgan fingerprint density at radius 3 is 2.64 bits per heavy atom. The van der Waals surface area contributed by atoms with Gasteiger partial charge in [-0.15, -0.1) is 0 Å². The van der Waals surface area contributed by atoms with Gasteiger partial charge < -0.3 is 10.2 Å². The molecule has 0 atom stereocenters. The van der Waals surface area contributed by atoms with Crippen LogP contribution in [0.15, 0.2) is 22.7 Å². The maximum absolute atomic E-state index is 12.0. The second-order valence-electron chi connectivity index (χ2n) is 5.54. The van der Waals surface area contributed by atoms with Gasteiger partial charge in [-0.1, -0.05) is 22.0 Å². The summed E-state index contributed by atoms with van der Waals surface area (Å²) in [6.07, 6.45) is 0.490. The zero-order valence-corrected chi connectivity index (χ0v) is 14.4. The van der Waals surface area contributed by atoms with Crippen molar-refractivity contribution in [2.24, 2.45) is 0 Å². The summed E-state index contributed by atoms with van der Waals surface area (Å²) in [4.78, 5) is 16.4. The smallest absolute Gasteiger partial charge is 0.225 e. The van der Waals surface area contributed by atoms with Crippen LogP contribution in [0.2, 0.25) is 0 Å². The van der Waals surface area contributed by atoms with E-state index in [1.165, 1.54) is 0 Å². The first-order valence-corrected chi connectivity index (χ1v) is 8.25. The van der Waals surface area contributed by atoms with Gasteiger partial charge in [0.05, 0.1) is 12.6 Å². The number of benzene rings is 1. The first-order valence-electron chi connectivity index (χ1n) is 7.46. The molecule has 0 unspecified atom stereocenters. The molecule has 1 fully saturated rings. The first-order chi connectivity index (χ1) is 10.6. The molecule has 0 spiro atoms. The van der Waals surface area contributed by atoms with Gasteiger partial charge in [0.15, 0.2) is 0 Å². The molecule has 0 saturated carbocycles. The number of amides is 1. The van der Waals surface area contributed by atoms with Gasteiger partial charge in [-0.05, 0) is 24.6 Å². The van der Waals surface area contributed by atoms with Crippen LogP contribution < -0.4 is 5.32 Å². The van der Waals surface area contributed by atoms with E-state index in [4.69, 9.17) is 5.26 Å². The largest absolute Gasteiger partial charge is 0.326 e. The molecule has 22 heavy (non-hydrogen) atoms. The summed E-state index contributed by atoms with van der Waals surface area (Å²) in [7, 11) is 0. The molecule has 0 aromatic heterocycles. The van der Waals surface area contributed by atoms with Crippen LogP contribution in [-0.4, -0.2) is 55.0 Å². The second kappa shape index (κ2) is 8.28. The molecule has 1 aromatic carbocycles. The summed E-state index contributed by atoms with van der Waals surface area (Å²) in [6, 6.07) is 8.00. The van der Waals surface area contributed by atoms with Gasteiger partial charge in [0.1, 0.15) is 0 Å². The van der Waals surface area contributed by atoms with Crippen LogP contribution in [0, 0.1) is 18.3 Å². The van der Waals surface area contributed by atoms with Crippen LogP contribution >= 0.6 is 15.9 Å². The highest BCUT2D eigenvalue weighted by Gasteiger charge is 2.17. The lowest BCUT2D eigenvalue weighted by atomic mass is 10.2. The fourth-order valence-corrected chi connectivity index (χ4v) is 2.80. The van der Waals surface area contributed by atoms with Gasteiger partial charge in [0.2, 0.25) is 5.91 Å². The fraction of sp³-hybridized carbons (Fsp3) is 0.500. The van der Waals surface area contributed by atoms with Gasteiger partial charge in [-0.25, -0.2) is 0 Å². The molecule has 1 N–H and O–H groups in total. The summed E-state index contributed by atoms with van der Waals surface area (Å²) in [5.74, 6) is 0.0372. The predicted molar refractivity (Wildman–Crippen MR) is 90.6 cm³/mol. The average Bonchev–Trinajstić information content (AvgIpc) is 2.51. The first kappa shape index (κ1) is 16.9. The molecule has 1 aliphatic rings. The highest BCUT2D eigenvalue weighted by atomic mass is 79.9. The van der Waals surface area contributed by atoms with E-state index in [9.17, 15) is 4.79 Å². The van der Waals surface area contributed by atoms with Crippen molar-refractivity contribution >= 4 is 27.5 Å². The van der Waals surface area contributed by atoms with Gasteiger partial charge in [0.25, 0.3) is 0 Å². The van der Waals surface area contributed by atoms with Crippen molar-refractivity contribution in [3.63, 3.8) is 0 Å². The summed E-state index contributed by atoms with van der Waals surface area (Å²) < 4.78 is 0.999. The number of carbonyl (C=O) groups is 1. The molecule has 1 heterocycles. The summed E-state index contributed by atoms with van der Waals surface area (Å²) in [6.45, 7) is 6.92. The second-order valence-corrected chi connectivity index (χ2v) is 6.39. The number of anilines is 1. The highest BCUT2D eigenvalue weighted by Crippen LogP contribution is 2.20. The zero-order valence-electron chi connectivity index (χ0n) is 12.8. The topological polar surface area (TPSA) is 59.4 Å². The van der Waals surface area contributed by atoms with E-state index in [1.54, 1.807) is 0 Å². The number of hydrogen-bond donors (Lipinski definition) is 1. The summed E-state index contributed by atoms with van der Waals surface area (Å²) in [5, 5.41) is 11.6. The Morgan fingerprint density at radius 2 is 2.00 bits per heavy atom. The molecule has 1 aliphatic heterocycles. The third kappa shape index (κ3) is 5.09. The lowest BCUT2D eigenvalue weighted by Gasteiger charge is -2.33. The molecule has 5 nitrogen and oxygen atoms in total. The molecule has 1 amide bonds. The number of carbonyl (C=O) groups excluding carboxylic acids is 1. The molecule has 1 aromatic rings. The Hall–Kier alpha value is -1.42. The quantitative estimate of drug-likeness (QED) is 0.813. The van der Waals surface area contributed by atoms with E-state index in [0.29, 0.717) is 13.0 Å². The number of halogens is 1. The Balaban J connectivity index is 1.72. The minimum atomic E-state index is 0.0372. The minimum absolute atomic E-state index is 0.0372. The predicted octanol–water partition coefficient (Wildman–Crippen LogP) is 2.23. The van der Waals surface area contributed by atoms with E-state index in [2.05, 4.69) is 37.1 Å². The monoisotopic (exact) mass is 364 g/mol. The van der Waals surface area contributed by atoms with Crippen molar-refractivity contribution in [3.8, 4) is 6.07 Å². The fourth-order valence-electron chi connectivity index (χ4n) is 2.42. The standard InChI is InChI=1S/C16H21BrN4O/c1-13-2-3-14(12-15(13)17)19-16(22)4-6-20-8-10-21(7-5-18)11-9-20/h2-3,12H,4,6-11H2,1H3,(H,19,22). The number of nitriles is 1. The maximum Gasteiger partial charge on any atom is 0.225 e. The molecule has 1 saturated heterocycles. The van der Waals surface area contributed by atoms with E-state index < -0.39 is 0 Å². The zero-order chi connectivity index (χ0) is 15.9. The van der Waals surface area contributed by atoms with Gasteiger partial charge in [-0.2, -0.15) is 5.26 Å². The van der Waals surface area contributed by atoms with Crippen molar-refractivity contribution in [1.29, 1.82) is 5.26 Å². The van der Waals surface area contributed by atoms with Crippen LogP contribution in [0.4, 0.5) is 5.69 Å². The Kier molecular flexibility index (Phi) is 6.37. The molecule has 0 aliphatic carbocycles. The third-order valence-corrected chi connectivity index (χ3v) is 4.72. The lowest BCUT2D eigenvalue weighted by Crippen LogP contribution is -2.46. The Bertz CT molecular complexity index is 562. The van der Waals surface area contributed by atoms with E-state index >= 15 is 0 Å². The summed E-state index contributed by atoms with van der Waals surface area (Å²) >= 11 is 3.47. The van der Waals surface area contributed by atoms with Gasteiger partial charge in [0, 0.05) is 49.3 Å². The number of rotatable bonds is 5. The van der Waals surface area contributed by atoms with Crippen LogP contribution in [0.1, 0.15) is 12.0 Å². The Labute approximate surface area is 140 Å². The van der Waals surface area contributed by atoms with E-state index in [-0.39, 0.29) is 5.91 Å². The normalized spacial score (nSPS) is 16.2.